The van der Waals surface area contributed by atoms with Crippen LogP contribution in [0.3, 0.4) is 0 Å². The van der Waals surface area contributed by atoms with Gasteiger partial charge in [-0.1, -0.05) is 0 Å². The molecule has 2 amide bonds. The van der Waals surface area contributed by atoms with Gasteiger partial charge in [0.05, 0.1) is 19.8 Å². The average Bonchev–Trinajstić information content (AvgIpc) is 3.10. The normalized spacial score (nSPS) is 13.9. The molecule has 1 aliphatic rings. The van der Waals surface area contributed by atoms with Gasteiger partial charge < -0.3 is 29.2 Å². The fourth-order valence-electron chi connectivity index (χ4n) is 3.77. The average molecular weight is 454 g/mol. The minimum absolute atomic E-state index is 0.362. The van der Waals surface area contributed by atoms with E-state index < -0.39 is 0 Å². The van der Waals surface area contributed by atoms with Crippen LogP contribution in [0.2, 0.25) is 0 Å². The van der Waals surface area contributed by atoms with Gasteiger partial charge in [0.1, 0.15) is 11.6 Å². The summed E-state index contributed by atoms with van der Waals surface area (Å²) in [5, 5.41) is 6.85. The number of anilines is 4. The maximum atomic E-state index is 12.8. The van der Waals surface area contributed by atoms with Crippen LogP contribution >= 0.6 is 0 Å². The molecule has 0 radical (unpaired) electrons. The number of amides is 2. The number of morpholine rings is 1. The number of fused-ring (bicyclic) bond motifs is 1. The summed E-state index contributed by atoms with van der Waals surface area (Å²) in [6.07, 6.45) is 0. The van der Waals surface area contributed by atoms with Gasteiger partial charge in [-0.05, 0) is 31.2 Å². The molecule has 176 valence electrons. The third kappa shape index (κ3) is 5.35. The Morgan fingerprint density at radius 2 is 1.97 bits per heavy atom. The summed E-state index contributed by atoms with van der Waals surface area (Å²) in [5.74, 6) is 1.71. The van der Waals surface area contributed by atoms with Crippen LogP contribution in [0.15, 0.2) is 30.3 Å². The number of nitrogens with one attached hydrogen (secondary N) is 2. The molecule has 1 saturated heterocycles. The highest BCUT2D eigenvalue weighted by atomic mass is 16.5. The van der Waals surface area contributed by atoms with Gasteiger partial charge in [0.15, 0.2) is 0 Å². The number of hydrogen-bond donors (Lipinski definition) is 2. The lowest BCUT2D eigenvalue weighted by Crippen LogP contribution is -2.38. The van der Waals surface area contributed by atoms with Gasteiger partial charge in [-0.15, -0.1) is 0 Å². The molecule has 10 nitrogen and oxygen atoms in total. The van der Waals surface area contributed by atoms with Crippen LogP contribution in [0.25, 0.3) is 10.9 Å². The SMILES string of the molecule is COCCN(C)c1cc(NC(=O)Nc2ccc3c(c2)cc(C)n3C)nc(N2CCOCC2)n1. The molecule has 3 aromatic rings. The first-order valence-electron chi connectivity index (χ1n) is 11.0. The lowest BCUT2D eigenvalue weighted by molar-refractivity contribution is 0.122. The predicted molar refractivity (Wildman–Crippen MR) is 131 cm³/mol. The molecule has 0 bridgehead atoms. The van der Waals surface area contributed by atoms with E-state index in [1.165, 1.54) is 0 Å². The van der Waals surface area contributed by atoms with E-state index in [1.807, 2.05) is 37.2 Å². The van der Waals surface area contributed by atoms with E-state index in [0.717, 1.165) is 16.6 Å². The second-order valence-electron chi connectivity index (χ2n) is 8.12. The zero-order chi connectivity index (χ0) is 23.4. The number of urea groups is 1. The molecule has 1 aromatic carbocycles. The van der Waals surface area contributed by atoms with Crippen molar-refractivity contribution >= 4 is 40.2 Å². The number of ether oxygens (including phenoxy) is 2. The first-order valence-corrected chi connectivity index (χ1v) is 11.0. The van der Waals surface area contributed by atoms with Crippen molar-refractivity contribution in [1.29, 1.82) is 0 Å². The van der Waals surface area contributed by atoms with Crippen molar-refractivity contribution in [1.82, 2.24) is 14.5 Å². The molecular formula is C23H31N7O3. The smallest absolute Gasteiger partial charge is 0.324 e. The third-order valence-electron chi connectivity index (χ3n) is 5.80. The van der Waals surface area contributed by atoms with E-state index in [1.54, 1.807) is 13.2 Å². The molecule has 2 N–H and O–H groups in total. The van der Waals surface area contributed by atoms with E-state index in [-0.39, 0.29) is 6.03 Å². The van der Waals surface area contributed by atoms with Crippen molar-refractivity contribution in [3.8, 4) is 0 Å². The molecule has 0 atom stereocenters. The molecule has 0 saturated carbocycles. The van der Waals surface area contributed by atoms with Crippen LogP contribution in [0.4, 0.5) is 28.1 Å². The third-order valence-corrected chi connectivity index (χ3v) is 5.80. The first-order chi connectivity index (χ1) is 15.9. The van der Waals surface area contributed by atoms with Crippen LogP contribution < -0.4 is 20.4 Å². The lowest BCUT2D eigenvalue weighted by atomic mass is 10.2. The molecule has 33 heavy (non-hydrogen) atoms. The summed E-state index contributed by atoms with van der Waals surface area (Å²) in [7, 11) is 5.63. The Hall–Kier alpha value is -3.37. The number of hydrogen-bond acceptors (Lipinski definition) is 7. The van der Waals surface area contributed by atoms with Gasteiger partial charge in [0.25, 0.3) is 0 Å². The van der Waals surface area contributed by atoms with Gasteiger partial charge in [0, 0.05) is 69.2 Å². The summed E-state index contributed by atoms with van der Waals surface area (Å²) in [6.45, 7) is 5.94. The number of carbonyl (C=O) groups excluding carboxylic acids is 1. The number of nitrogens with zero attached hydrogens (tertiary/aromatic N) is 5. The first kappa shape index (κ1) is 22.8. The molecule has 1 fully saturated rings. The van der Waals surface area contributed by atoms with E-state index in [0.29, 0.717) is 62.7 Å². The van der Waals surface area contributed by atoms with Crippen molar-refractivity contribution in [2.75, 3.05) is 74.0 Å². The van der Waals surface area contributed by atoms with E-state index >= 15 is 0 Å². The number of methoxy groups -OCH3 is 1. The minimum Gasteiger partial charge on any atom is -0.383 e. The van der Waals surface area contributed by atoms with Crippen LogP contribution in [0, 0.1) is 6.92 Å². The Kier molecular flexibility index (Phi) is 6.95. The number of benzene rings is 1. The number of aryl methyl sites for hydroxylation is 2. The van der Waals surface area contributed by atoms with Gasteiger partial charge in [-0.3, -0.25) is 5.32 Å². The minimum atomic E-state index is -0.362. The van der Waals surface area contributed by atoms with Crippen molar-refractivity contribution in [2.45, 2.75) is 6.92 Å². The molecule has 0 aliphatic carbocycles. The number of aromatic nitrogens is 3. The molecule has 10 heteroatoms. The second-order valence-corrected chi connectivity index (χ2v) is 8.12. The summed E-state index contributed by atoms with van der Waals surface area (Å²) in [6, 6.07) is 9.36. The fraction of sp³-hybridized carbons (Fsp3) is 0.435. The number of carbonyl (C=O) groups is 1. The Morgan fingerprint density at radius 3 is 2.73 bits per heavy atom. The summed E-state index contributed by atoms with van der Waals surface area (Å²) in [5.41, 5.74) is 2.99. The standard InChI is InChI=1S/C23H31N7O3/c1-16-13-17-14-18(5-6-19(17)29(16)3)24-23(31)26-20-15-21(28(2)7-10-32-4)27-22(25-20)30-8-11-33-12-9-30/h5-6,13-15H,7-12H2,1-4H3,(H2,24,25,26,27,31). The van der Waals surface area contributed by atoms with E-state index in [9.17, 15) is 4.79 Å². The van der Waals surface area contributed by atoms with Gasteiger partial charge in [-0.25, -0.2) is 4.79 Å². The lowest BCUT2D eigenvalue weighted by Gasteiger charge is -2.28. The number of likely N-dealkylation sites (N-methyl/N-ethyl adjacent to an activating group) is 1. The van der Waals surface area contributed by atoms with Crippen molar-refractivity contribution in [2.24, 2.45) is 7.05 Å². The van der Waals surface area contributed by atoms with Crippen molar-refractivity contribution < 1.29 is 14.3 Å². The molecule has 3 heterocycles. The Morgan fingerprint density at radius 1 is 1.18 bits per heavy atom. The highest BCUT2D eigenvalue weighted by molar-refractivity contribution is 6.00. The highest BCUT2D eigenvalue weighted by Gasteiger charge is 2.18. The van der Waals surface area contributed by atoms with E-state index in [2.05, 4.69) is 38.1 Å². The molecule has 1 aliphatic heterocycles. The van der Waals surface area contributed by atoms with Crippen LogP contribution in [0.1, 0.15) is 5.69 Å². The monoisotopic (exact) mass is 453 g/mol. The van der Waals surface area contributed by atoms with Crippen LogP contribution in [0.5, 0.6) is 0 Å². The van der Waals surface area contributed by atoms with E-state index in [4.69, 9.17) is 14.5 Å². The highest BCUT2D eigenvalue weighted by Crippen LogP contribution is 2.23. The van der Waals surface area contributed by atoms with Crippen molar-refractivity contribution in [3.05, 3.63) is 36.0 Å². The topological polar surface area (TPSA) is 96.8 Å². The Bertz CT molecular complexity index is 1120. The summed E-state index contributed by atoms with van der Waals surface area (Å²) >= 11 is 0. The zero-order valence-corrected chi connectivity index (χ0v) is 19.6. The fourth-order valence-corrected chi connectivity index (χ4v) is 3.77. The largest absolute Gasteiger partial charge is 0.383 e. The molecule has 4 rings (SSSR count). The Labute approximate surface area is 193 Å². The van der Waals surface area contributed by atoms with Gasteiger partial charge in [0.2, 0.25) is 5.95 Å². The molecule has 2 aromatic heterocycles. The summed E-state index contributed by atoms with van der Waals surface area (Å²) < 4.78 is 12.8. The van der Waals surface area contributed by atoms with Gasteiger partial charge >= 0.3 is 6.03 Å². The maximum absolute atomic E-state index is 12.8. The van der Waals surface area contributed by atoms with Crippen LogP contribution in [-0.2, 0) is 16.5 Å². The van der Waals surface area contributed by atoms with Crippen molar-refractivity contribution in [3.63, 3.8) is 0 Å². The number of rotatable bonds is 7. The molecular weight excluding hydrogens is 422 g/mol. The zero-order valence-electron chi connectivity index (χ0n) is 19.6. The predicted octanol–water partition coefficient (Wildman–Crippen LogP) is 2.84. The summed E-state index contributed by atoms with van der Waals surface area (Å²) in [4.78, 5) is 26.1. The quantitative estimate of drug-likeness (QED) is 0.568. The van der Waals surface area contributed by atoms with Gasteiger partial charge in [-0.2, -0.15) is 9.97 Å². The second kappa shape index (κ2) is 10.1. The molecule has 0 spiro atoms. The Balaban J connectivity index is 1.53. The van der Waals surface area contributed by atoms with Crippen LogP contribution in [-0.4, -0.2) is 74.2 Å². The molecule has 0 unspecified atom stereocenters. The maximum Gasteiger partial charge on any atom is 0.324 e.